The molecule has 0 fully saturated rings. The SMILES string of the molecule is [2H]c1c([2H])c([2H])c(-c2c([2H])c([2H])c3c(c2[2H])c2c([2H])c([2H])c([2H])c4c2n3-c2cc3c(c5c2B4c2ccc(-c4ccccc4)cc2O5)N(c2cccc(-c4ccccc4)c2-c2ccccc2)c2cc(C(C)(C)C)cc4c2B3c2c([2H])c([2H])c(-n3c5c([2H])c([2H])c([2H])c([2H])c5c5c([2H])c([2H])c([2H])c([2H])c53)c([2H])c2N4c2c(-c3ccccc3)c(-c3ccccc3)cc(-c3ccccc3)c2-c2ccccc2)c([2H])c1[2H]. The van der Waals surface area contributed by atoms with Gasteiger partial charge in [-0.3, -0.25) is 0 Å². The molecule has 0 amide bonds. The minimum Gasteiger partial charge on any atom is -0.456 e. The summed E-state index contributed by atoms with van der Waals surface area (Å²) in [6.45, 7) is 3.62. The van der Waals surface area contributed by atoms with E-state index in [2.05, 4.69) is 49.9 Å². The maximum atomic E-state index is 12.3. The van der Waals surface area contributed by atoms with E-state index in [0.717, 1.165) is 43.5 Å². The fourth-order valence-corrected chi connectivity index (χ4v) is 18.9. The monoisotopic (exact) mass is 1540 g/mol. The lowest BCUT2D eigenvalue weighted by Gasteiger charge is -2.48. The summed E-state index contributed by atoms with van der Waals surface area (Å²) in [4.78, 5) is 4.22. The van der Waals surface area contributed by atoms with Crippen LogP contribution in [0.4, 0.5) is 34.1 Å². The number of para-hydroxylation sites is 3. The Labute approximate surface area is 723 Å². The van der Waals surface area contributed by atoms with E-state index in [4.69, 9.17) is 8.85 Å². The molecule has 18 aromatic carbocycles. The van der Waals surface area contributed by atoms with Crippen LogP contribution in [0.2, 0.25) is 0 Å². The van der Waals surface area contributed by atoms with Crippen LogP contribution in [0.1, 0.15) is 56.5 Å². The summed E-state index contributed by atoms with van der Waals surface area (Å²) in [5.74, 6) is 0.379. The van der Waals surface area contributed by atoms with Crippen LogP contribution in [0.5, 0.6) is 11.5 Å². The maximum Gasteiger partial charge on any atom is 0.256 e. The molecule has 6 heterocycles. The molecule has 7 heteroatoms. The highest BCUT2D eigenvalue weighted by atomic mass is 16.5. The molecule has 4 aliphatic rings. The zero-order valence-corrected chi connectivity index (χ0v) is 64.3. The van der Waals surface area contributed by atoms with E-state index in [-0.39, 0.29) is 71.8 Å². The zero-order chi connectivity index (χ0) is 97.9. The van der Waals surface area contributed by atoms with Crippen molar-refractivity contribution in [1.29, 1.82) is 0 Å². The van der Waals surface area contributed by atoms with Gasteiger partial charge in [0.05, 0.1) is 63.8 Å². The second-order valence-corrected chi connectivity index (χ2v) is 31.6. The van der Waals surface area contributed by atoms with E-state index in [1.54, 1.807) is 4.57 Å². The first-order valence-electron chi connectivity index (χ1n) is 50.7. The predicted octanol–water partition coefficient (Wildman–Crippen LogP) is 25.5. The zero-order valence-electron chi connectivity index (χ0n) is 86.3. The number of fused-ring (bicyclic) bond motifs is 15. The van der Waals surface area contributed by atoms with Crippen molar-refractivity contribution in [2.75, 3.05) is 9.80 Å². The highest BCUT2D eigenvalue weighted by Gasteiger charge is 2.51. The number of aromatic nitrogens is 2. The molecule has 0 saturated heterocycles. The highest BCUT2D eigenvalue weighted by molar-refractivity contribution is 7.02. The van der Waals surface area contributed by atoms with E-state index in [9.17, 15) is 26.0 Å². The Bertz CT molecular complexity index is 8750. The van der Waals surface area contributed by atoms with Crippen LogP contribution in [-0.2, 0) is 5.41 Å². The number of hydrogen-bond acceptors (Lipinski definition) is 3. The first kappa shape index (κ1) is 49.8. The van der Waals surface area contributed by atoms with Crippen LogP contribution in [0, 0.1) is 0 Å². The van der Waals surface area contributed by atoms with E-state index < -0.39 is 180 Å². The largest absolute Gasteiger partial charge is 0.456 e. The average molecular weight is 1540 g/mol. The third-order valence-corrected chi connectivity index (χ3v) is 24.0. The number of ether oxygens (including phenoxy) is 1. The Hall–Kier alpha value is -14.9. The molecule has 4 aliphatic heterocycles. The van der Waals surface area contributed by atoms with Gasteiger partial charge in [-0.25, -0.2) is 0 Å². The topological polar surface area (TPSA) is 25.6 Å². The van der Waals surface area contributed by atoms with E-state index in [1.165, 1.54) is 0 Å². The van der Waals surface area contributed by atoms with Gasteiger partial charge in [0, 0.05) is 72.2 Å². The summed E-state index contributed by atoms with van der Waals surface area (Å²) in [7, 11) is 0. The first-order valence-corrected chi connectivity index (χ1v) is 39.7. The van der Waals surface area contributed by atoms with Crippen molar-refractivity contribution in [3.8, 4) is 112 Å². The molecule has 0 unspecified atom stereocenters. The number of rotatable bonds is 11. The summed E-state index contributed by atoms with van der Waals surface area (Å²) in [6, 6.07) is 74.4. The molecule has 0 N–H and O–H groups in total. The first-order chi connectivity index (χ1) is 67.9. The fourth-order valence-electron chi connectivity index (χ4n) is 18.9. The van der Waals surface area contributed by atoms with Crippen LogP contribution in [0.3, 0.4) is 0 Å². The average Bonchev–Trinajstić information content (AvgIpc) is 1.59. The standard InChI is InChI=1S/C112H76B2N4O/c1-112(2,3)81-66-99-106-100(67-81)118(110-104(77-46-24-10-25-47-77)87(74-40-18-7-19-41-74)69-88(75-42-20-8-21-43-75)105(110)78-48-26-11-27-49-78)98-68-82(115-94-55-30-28-50-84(94)85-51-29-31-56-95(85)115)60-62-90(98)113(106)93-70-101-107-111(109(93)117(99)97-57-33-52-83(73-38-16-6-17-39-73)103(97)76-44-22-9-23-45-76)119-102-65-80(72-36-14-5-15-37-72)58-61-91(102)114(107)92-54-32-53-86-89-64-79(71-34-12-4-13-35-71)59-63-96(89)116(101)108(86)92/h4-70H,1-3H3/i4D,12D,13D,28D,29D,30D,31D,32D,34D,35D,50D,51D,53D,54D,55D,56D,59D,60D,62D,63D,64D,68D. The van der Waals surface area contributed by atoms with Gasteiger partial charge >= 0.3 is 0 Å². The molecule has 24 rings (SSSR count). The van der Waals surface area contributed by atoms with Gasteiger partial charge in [-0.1, -0.05) is 354 Å². The summed E-state index contributed by atoms with van der Waals surface area (Å²) in [6.07, 6.45) is 0. The molecule has 0 saturated carbocycles. The number of nitrogens with zero attached hydrogens (tertiary/aromatic N) is 4. The van der Waals surface area contributed by atoms with Crippen molar-refractivity contribution in [2.45, 2.75) is 26.2 Å². The summed E-state index contributed by atoms with van der Waals surface area (Å²) >= 11 is 0. The van der Waals surface area contributed by atoms with Gasteiger partial charge in [0.15, 0.2) is 0 Å². The van der Waals surface area contributed by atoms with Gasteiger partial charge in [-0.05, 0) is 189 Å². The van der Waals surface area contributed by atoms with Gasteiger partial charge in [0.2, 0.25) is 0 Å². The molecule has 0 spiro atoms. The van der Waals surface area contributed by atoms with Gasteiger partial charge in [0.1, 0.15) is 11.5 Å². The Kier molecular flexibility index (Phi) is 11.2. The van der Waals surface area contributed by atoms with Crippen molar-refractivity contribution in [2.24, 2.45) is 0 Å². The Balaban J connectivity index is 0.969. The molecule has 0 atom stereocenters. The Morgan fingerprint density at radius 1 is 0.294 bits per heavy atom. The predicted molar refractivity (Wildman–Crippen MR) is 503 cm³/mol. The molecule has 0 aliphatic carbocycles. The Morgan fingerprint density at radius 3 is 1.41 bits per heavy atom. The maximum absolute atomic E-state index is 12.3. The van der Waals surface area contributed by atoms with Crippen molar-refractivity contribution in [3.63, 3.8) is 0 Å². The van der Waals surface area contributed by atoms with Crippen LogP contribution in [0.25, 0.3) is 144 Å². The molecule has 20 aromatic rings. The van der Waals surface area contributed by atoms with Gasteiger partial charge in [0.25, 0.3) is 13.4 Å². The lowest BCUT2D eigenvalue weighted by atomic mass is 9.31. The molecule has 0 bridgehead atoms. The number of hydrogen-bond donors (Lipinski definition) is 0. The summed E-state index contributed by atoms with van der Waals surface area (Å²) < 4.78 is 234. The minimum atomic E-state index is -1.48. The fraction of sp³-hybridized carbons (Fsp3) is 0.0357. The molecule has 5 nitrogen and oxygen atoms in total. The van der Waals surface area contributed by atoms with Gasteiger partial charge < -0.3 is 23.7 Å². The van der Waals surface area contributed by atoms with Gasteiger partial charge in [-0.2, -0.15) is 0 Å². The summed E-state index contributed by atoms with van der Waals surface area (Å²) in [5, 5.41) is -1.03. The second kappa shape index (κ2) is 26.8. The summed E-state index contributed by atoms with van der Waals surface area (Å²) in [5.41, 5.74) is 11.3. The molecule has 119 heavy (non-hydrogen) atoms. The van der Waals surface area contributed by atoms with Gasteiger partial charge in [-0.15, -0.1) is 0 Å². The van der Waals surface area contributed by atoms with Crippen LogP contribution in [0.15, 0.2) is 406 Å². The normalized spacial score (nSPS) is 15.4. The van der Waals surface area contributed by atoms with Crippen molar-refractivity contribution in [1.82, 2.24) is 9.13 Å². The molecular weight excluding hydrogens is 1440 g/mol. The highest BCUT2D eigenvalue weighted by Crippen LogP contribution is 2.59. The molecule has 556 valence electrons. The van der Waals surface area contributed by atoms with Crippen molar-refractivity contribution < 1.29 is 34.9 Å². The Morgan fingerprint density at radius 2 is 0.815 bits per heavy atom. The quantitative estimate of drug-likeness (QED) is 0.121. The third-order valence-electron chi connectivity index (χ3n) is 24.0. The van der Waals surface area contributed by atoms with Crippen molar-refractivity contribution in [3.05, 3.63) is 411 Å². The van der Waals surface area contributed by atoms with Crippen LogP contribution in [-0.4, -0.2) is 22.6 Å². The molecule has 2 aromatic heterocycles. The van der Waals surface area contributed by atoms with E-state index >= 15 is 0 Å². The lowest BCUT2D eigenvalue weighted by Crippen LogP contribution is -2.64. The van der Waals surface area contributed by atoms with Crippen LogP contribution >= 0.6 is 0 Å². The van der Waals surface area contributed by atoms with Crippen LogP contribution < -0.4 is 47.3 Å². The second-order valence-electron chi connectivity index (χ2n) is 31.6. The minimum absolute atomic E-state index is 0.0146. The van der Waals surface area contributed by atoms with Crippen molar-refractivity contribution >= 4 is 124 Å². The molecule has 0 radical (unpaired) electrons. The number of anilines is 6. The van der Waals surface area contributed by atoms with E-state index in [0.29, 0.717) is 89.3 Å². The number of benzene rings is 18. The molecular formula is C112H76B2N4O. The lowest BCUT2D eigenvalue weighted by molar-refractivity contribution is 0.489. The van der Waals surface area contributed by atoms with E-state index in [1.807, 2.05) is 254 Å². The third kappa shape index (κ3) is 10.5. The smallest absolute Gasteiger partial charge is 0.256 e.